The average Bonchev–Trinajstić information content (AvgIpc) is 3.54. The Labute approximate surface area is 182 Å². The number of terminal acetylenes is 1. The predicted molar refractivity (Wildman–Crippen MR) is 117 cm³/mol. The number of aliphatic imine (C=N–C) groups is 1. The summed E-state index contributed by atoms with van der Waals surface area (Å²) in [5.74, 6) is 2.50. The molecular weight excluding hydrogens is 415 g/mol. The van der Waals surface area contributed by atoms with Gasteiger partial charge in [0.2, 0.25) is 11.8 Å². The quantitative estimate of drug-likeness (QED) is 0.487. The van der Waals surface area contributed by atoms with E-state index in [0.29, 0.717) is 45.0 Å². The molecule has 0 bridgehead atoms. The molecule has 1 aliphatic carbocycles. The summed E-state index contributed by atoms with van der Waals surface area (Å²) < 4.78 is 20.1. The van der Waals surface area contributed by atoms with Crippen LogP contribution in [-0.2, 0) is 12.0 Å². The van der Waals surface area contributed by atoms with Crippen LogP contribution in [0, 0.1) is 24.2 Å². The van der Waals surface area contributed by atoms with Gasteiger partial charge < -0.3 is 10.5 Å². The molecule has 0 amide bonds. The molecule has 7 nitrogen and oxygen atoms in total. The Bertz CT molecular complexity index is 1260. The zero-order valence-corrected chi connectivity index (χ0v) is 17.6. The lowest BCUT2D eigenvalue weighted by Gasteiger charge is -2.30. The molecule has 2 aliphatic rings. The molecular formula is C22H19FN6OS. The summed E-state index contributed by atoms with van der Waals surface area (Å²) >= 11 is 1.57. The Morgan fingerprint density at radius 3 is 3.06 bits per heavy atom. The molecule has 3 atom stereocenters. The summed E-state index contributed by atoms with van der Waals surface area (Å²) in [5, 5.41) is 0.895. The van der Waals surface area contributed by atoms with Crippen LogP contribution in [0.3, 0.4) is 0 Å². The van der Waals surface area contributed by atoms with Gasteiger partial charge in [0.05, 0.1) is 22.9 Å². The van der Waals surface area contributed by atoms with Crippen molar-refractivity contribution in [2.24, 2.45) is 16.6 Å². The molecule has 156 valence electrons. The Kier molecular flexibility index (Phi) is 4.74. The molecule has 1 saturated carbocycles. The van der Waals surface area contributed by atoms with Gasteiger partial charge in [0.1, 0.15) is 5.52 Å². The zero-order chi connectivity index (χ0) is 21.6. The van der Waals surface area contributed by atoms with E-state index in [1.807, 2.05) is 13.0 Å². The number of hydrogen-bond donors (Lipinski definition) is 1. The van der Waals surface area contributed by atoms with Gasteiger partial charge >= 0.3 is 0 Å². The molecule has 0 aromatic carbocycles. The monoisotopic (exact) mass is 434 g/mol. The smallest absolute Gasteiger partial charge is 0.233 e. The minimum Gasteiger partial charge on any atom is -0.463 e. The van der Waals surface area contributed by atoms with Gasteiger partial charge in [-0.15, -0.1) is 6.42 Å². The Morgan fingerprint density at radius 1 is 1.35 bits per heavy atom. The first-order valence-corrected chi connectivity index (χ1v) is 10.7. The number of amidine groups is 1. The third-order valence-corrected chi connectivity index (χ3v) is 6.85. The number of halogens is 1. The molecule has 0 saturated heterocycles. The van der Waals surface area contributed by atoms with Crippen LogP contribution in [0.5, 0.6) is 5.88 Å². The first-order valence-electron chi connectivity index (χ1n) is 9.81. The van der Waals surface area contributed by atoms with Crippen molar-refractivity contribution in [1.82, 2.24) is 19.9 Å². The van der Waals surface area contributed by atoms with Gasteiger partial charge in [-0.1, -0.05) is 17.7 Å². The standard InChI is InChI=1S/C22H19FN6OS/c1-3-6-30-18-11-26-19-15(28-18)4-5-25-16(19)8-12-7-14(20(23)27-10-12)22(2)13-9-17(13)31-21(24)29-22/h1,4-5,7,10-11,13,17H,6,8-9H2,2H3,(H2,24,29)/t13-,17+,22+/m1/s1. The Morgan fingerprint density at radius 2 is 2.23 bits per heavy atom. The molecule has 1 fully saturated rings. The maximum absolute atomic E-state index is 14.8. The van der Waals surface area contributed by atoms with Crippen LogP contribution in [0.25, 0.3) is 11.0 Å². The van der Waals surface area contributed by atoms with E-state index in [4.69, 9.17) is 16.9 Å². The highest BCUT2D eigenvalue weighted by atomic mass is 32.2. The molecule has 0 radical (unpaired) electrons. The lowest BCUT2D eigenvalue weighted by molar-refractivity contribution is 0.355. The van der Waals surface area contributed by atoms with Crippen LogP contribution in [0.4, 0.5) is 4.39 Å². The molecule has 9 heteroatoms. The van der Waals surface area contributed by atoms with E-state index >= 15 is 0 Å². The predicted octanol–water partition coefficient (Wildman–Crippen LogP) is 2.83. The number of thioether (sulfide) groups is 1. The fourth-order valence-corrected chi connectivity index (χ4v) is 5.37. The molecule has 5 rings (SSSR count). The second-order valence-electron chi connectivity index (χ2n) is 7.78. The lowest BCUT2D eigenvalue weighted by atomic mass is 9.87. The average molecular weight is 435 g/mol. The number of ether oxygens (including phenoxy) is 1. The van der Waals surface area contributed by atoms with Crippen molar-refractivity contribution < 1.29 is 9.13 Å². The summed E-state index contributed by atoms with van der Waals surface area (Å²) in [7, 11) is 0. The maximum Gasteiger partial charge on any atom is 0.233 e. The normalized spacial score (nSPS) is 24.2. The van der Waals surface area contributed by atoms with Crippen molar-refractivity contribution >= 4 is 28.0 Å². The van der Waals surface area contributed by atoms with Gasteiger partial charge in [0.15, 0.2) is 11.8 Å². The van der Waals surface area contributed by atoms with Gasteiger partial charge in [-0.05, 0) is 31.0 Å². The number of aromatic nitrogens is 4. The van der Waals surface area contributed by atoms with E-state index < -0.39 is 11.5 Å². The van der Waals surface area contributed by atoms with Crippen LogP contribution < -0.4 is 10.5 Å². The van der Waals surface area contributed by atoms with Crippen molar-refractivity contribution in [3.8, 4) is 18.2 Å². The summed E-state index contributed by atoms with van der Waals surface area (Å²) in [4.78, 5) is 22.0. The van der Waals surface area contributed by atoms with E-state index in [0.717, 1.165) is 12.0 Å². The molecule has 4 heterocycles. The van der Waals surface area contributed by atoms with Gasteiger partial charge in [-0.3, -0.25) is 9.98 Å². The number of fused-ring (bicyclic) bond motifs is 2. The van der Waals surface area contributed by atoms with Crippen LogP contribution in [0.15, 0.2) is 35.7 Å². The highest BCUT2D eigenvalue weighted by Crippen LogP contribution is 2.57. The minimum absolute atomic E-state index is 0.119. The van der Waals surface area contributed by atoms with E-state index in [-0.39, 0.29) is 12.5 Å². The molecule has 0 unspecified atom stereocenters. The summed E-state index contributed by atoms with van der Waals surface area (Å²) in [6.07, 6.45) is 11.3. The van der Waals surface area contributed by atoms with Crippen molar-refractivity contribution in [2.45, 2.75) is 30.6 Å². The molecule has 3 aromatic heterocycles. The number of rotatable bonds is 5. The largest absolute Gasteiger partial charge is 0.463 e. The second kappa shape index (κ2) is 7.46. The van der Waals surface area contributed by atoms with Crippen molar-refractivity contribution in [1.29, 1.82) is 0 Å². The molecule has 1 aliphatic heterocycles. The van der Waals surface area contributed by atoms with Crippen LogP contribution >= 0.6 is 11.8 Å². The molecule has 31 heavy (non-hydrogen) atoms. The zero-order valence-electron chi connectivity index (χ0n) is 16.7. The molecule has 0 spiro atoms. The fraction of sp³-hybridized carbons (Fsp3) is 0.318. The minimum atomic E-state index is -0.706. The topological polar surface area (TPSA) is 99.2 Å². The van der Waals surface area contributed by atoms with E-state index in [1.165, 1.54) is 12.4 Å². The van der Waals surface area contributed by atoms with E-state index in [2.05, 4.69) is 30.8 Å². The SMILES string of the molecule is C#CCOc1cnc2c(Cc3cnc(F)c([C@@]4(C)N=C(N)S[C@H]5C[C@H]54)c3)nccc2n1. The number of nitrogens with zero attached hydrogens (tertiary/aromatic N) is 5. The highest BCUT2D eigenvalue weighted by Gasteiger charge is 2.55. The van der Waals surface area contributed by atoms with Crippen molar-refractivity contribution in [3.05, 3.63) is 53.5 Å². The van der Waals surface area contributed by atoms with Gasteiger partial charge in [0.25, 0.3) is 0 Å². The van der Waals surface area contributed by atoms with Gasteiger partial charge in [-0.25, -0.2) is 15.0 Å². The van der Waals surface area contributed by atoms with Gasteiger partial charge in [0, 0.05) is 35.5 Å². The maximum atomic E-state index is 14.8. The molecule has 3 aromatic rings. The third kappa shape index (κ3) is 3.57. The Balaban J connectivity index is 1.49. The Hall–Kier alpha value is -3.25. The van der Waals surface area contributed by atoms with E-state index in [1.54, 1.807) is 24.0 Å². The third-order valence-electron chi connectivity index (χ3n) is 5.70. The van der Waals surface area contributed by atoms with Crippen LogP contribution in [0.2, 0.25) is 0 Å². The van der Waals surface area contributed by atoms with Gasteiger partial charge in [-0.2, -0.15) is 4.39 Å². The second-order valence-corrected chi connectivity index (χ2v) is 9.04. The first kappa shape index (κ1) is 19.7. The number of hydrogen-bond acceptors (Lipinski definition) is 8. The van der Waals surface area contributed by atoms with Crippen molar-refractivity contribution in [2.75, 3.05) is 6.61 Å². The first-order chi connectivity index (χ1) is 15.0. The summed E-state index contributed by atoms with van der Waals surface area (Å²) in [6.45, 7) is 2.06. The lowest BCUT2D eigenvalue weighted by Crippen LogP contribution is -2.32. The number of nitrogens with two attached hydrogens (primary N) is 1. The fourth-order valence-electron chi connectivity index (χ4n) is 4.08. The van der Waals surface area contributed by atoms with Crippen molar-refractivity contribution in [3.63, 3.8) is 0 Å². The van der Waals surface area contributed by atoms with Crippen LogP contribution in [-0.4, -0.2) is 37.0 Å². The molecule has 2 N–H and O–H groups in total. The van der Waals surface area contributed by atoms with Crippen LogP contribution in [0.1, 0.15) is 30.2 Å². The highest BCUT2D eigenvalue weighted by molar-refractivity contribution is 8.14. The van der Waals surface area contributed by atoms with E-state index in [9.17, 15) is 4.39 Å². The summed E-state index contributed by atoms with van der Waals surface area (Å²) in [6, 6.07) is 3.58. The summed E-state index contributed by atoms with van der Waals surface area (Å²) in [5.41, 5.74) is 8.58. The number of pyridine rings is 2.